The van der Waals surface area contributed by atoms with Crippen LogP contribution in [-0.4, -0.2) is 9.55 Å². The van der Waals surface area contributed by atoms with Gasteiger partial charge in [-0.2, -0.15) is 0 Å². The van der Waals surface area contributed by atoms with Crippen molar-refractivity contribution < 1.29 is 0 Å². The van der Waals surface area contributed by atoms with Gasteiger partial charge in [-0.1, -0.05) is 15.9 Å². The summed E-state index contributed by atoms with van der Waals surface area (Å²) in [5.41, 5.74) is 2.40. The van der Waals surface area contributed by atoms with Gasteiger partial charge < -0.3 is 4.57 Å². The first-order valence-corrected chi connectivity index (χ1v) is 7.42. The molecule has 18 heavy (non-hydrogen) atoms. The molecule has 2 nitrogen and oxygen atoms in total. The highest BCUT2D eigenvalue weighted by atomic mass is 79.9. The first-order chi connectivity index (χ1) is 8.63. The molecule has 0 aliphatic carbocycles. The van der Waals surface area contributed by atoms with Crippen LogP contribution in [0.4, 0.5) is 0 Å². The molecule has 0 atom stereocenters. The third-order valence-electron chi connectivity index (χ3n) is 3.11. The third-order valence-corrected chi connectivity index (χ3v) is 4.66. The van der Waals surface area contributed by atoms with Crippen molar-refractivity contribution in [3.05, 3.63) is 50.5 Å². The Morgan fingerprint density at radius 2 is 2.11 bits per heavy atom. The van der Waals surface area contributed by atoms with Gasteiger partial charge in [0.05, 0.1) is 12.2 Å². The molecule has 2 aromatic heterocycles. The van der Waals surface area contributed by atoms with Gasteiger partial charge in [-0.25, -0.2) is 4.98 Å². The zero-order valence-corrected chi connectivity index (χ0v) is 12.7. The number of aryl methyl sites for hydroxylation is 2. The Hall–Kier alpha value is -1.13. The number of halogens is 1. The minimum atomic E-state index is 0.852. The van der Waals surface area contributed by atoms with Crippen LogP contribution in [0.3, 0.4) is 0 Å². The van der Waals surface area contributed by atoms with E-state index < -0.39 is 0 Å². The standard InChI is InChI=1S/C14H13BrN2S/c1-9-10(2)18-14(16-9)8-17-6-5-11-7-12(15)3-4-13(11)17/h3-7H,8H2,1-2H3. The number of hydrogen-bond donors (Lipinski definition) is 0. The average Bonchev–Trinajstić information content (AvgIpc) is 2.84. The lowest BCUT2D eigenvalue weighted by Crippen LogP contribution is -1.97. The summed E-state index contributed by atoms with van der Waals surface area (Å²) in [6.07, 6.45) is 2.13. The molecule has 1 aromatic carbocycles. The molecule has 0 amide bonds. The first kappa shape index (κ1) is 11.9. The molecule has 4 heteroatoms. The lowest BCUT2D eigenvalue weighted by Gasteiger charge is -2.02. The largest absolute Gasteiger partial charge is 0.341 e. The van der Waals surface area contributed by atoms with Gasteiger partial charge in [0, 0.05) is 26.4 Å². The van der Waals surface area contributed by atoms with Crippen molar-refractivity contribution in [3.63, 3.8) is 0 Å². The van der Waals surface area contributed by atoms with Gasteiger partial charge in [0.15, 0.2) is 0 Å². The third kappa shape index (κ3) is 2.10. The molecule has 2 heterocycles. The number of thiazole rings is 1. The van der Waals surface area contributed by atoms with Gasteiger partial charge in [-0.3, -0.25) is 0 Å². The maximum Gasteiger partial charge on any atom is 0.113 e. The van der Waals surface area contributed by atoms with Gasteiger partial charge in [0.25, 0.3) is 0 Å². The van der Waals surface area contributed by atoms with Crippen molar-refractivity contribution in [1.82, 2.24) is 9.55 Å². The van der Waals surface area contributed by atoms with Crippen molar-refractivity contribution in [2.24, 2.45) is 0 Å². The van der Waals surface area contributed by atoms with E-state index in [1.54, 1.807) is 11.3 Å². The molecular weight excluding hydrogens is 308 g/mol. The van der Waals surface area contributed by atoms with Gasteiger partial charge in [0.1, 0.15) is 5.01 Å². The van der Waals surface area contributed by atoms with Crippen molar-refractivity contribution in [2.45, 2.75) is 20.4 Å². The van der Waals surface area contributed by atoms with Crippen LogP contribution >= 0.6 is 27.3 Å². The second-order valence-electron chi connectivity index (χ2n) is 4.40. The predicted octanol–water partition coefficient (Wildman–Crippen LogP) is 4.53. The number of hydrogen-bond acceptors (Lipinski definition) is 2. The molecule has 0 unspecified atom stereocenters. The van der Waals surface area contributed by atoms with Gasteiger partial charge >= 0.3 is 0 Å². The Balaban J connectivity index is 2.00. The van der Waals surface area contributed by atoms with Crippen molar-refractivity contribution >= 4 is 38.2 Å². The van der Waals surface area contributed by atoms with E-state index in [1.807, 2.05) is 0 Å². The molecule has 0 bridgehead atoms. The van der Waals surface area contributed by atoms with Gasteiger partial charge in [-0.05, 0) is 38.1 Å². The molecule has 3 aromatic rings. The number of fused-ring (bicyclic) bond motifs is 1. The Morgan fingerprint density at radius 1 is 1.28 bits per heavy atom. The maximum absolute atomic E-state index is 4.60. The highest BCUT2D eigenvalue weighted by Gasteiger charge is 2.06. The molecule has 0 saturated heterocycles. The van der Waals surface area contributed by atoms with E-state index in [4.69, 9.17) is 0 Å². The van der Waals surface area contributed by atoms with E-state index in [-0.39, 0.29) is 0 Å². The first-order valence-electron chi connectivity index (χ1n) is 5.81. The quantitative estimate of drug-likeness (QED) is 0.678. The summed E-state index contributed by atoms with van der Waals surface area (Å²) in [5, 5.41) is 2.43. The molecule has 0 N–H and O–H groups in total. The number of rotatable bonds is 2. The minimum absolute atomic E-state index is 0.852. The van der Waals surface area contributed by atoms with Crippen LogP contribution in [0.5, 0.6) is 0 Å². The highest BCUT2D eigenvalue weighted by Crippen LogP contribution is 2.23. The second-order valence-corrected chi connectivity index (χ2v) is 6.60. The van der Waals surface area contributed by atoms with Crippen molar-refractivity contribution in [3.8, 4) is 0 Å². The molecular formula is C14H13BrN2S. The summed E-state index contributed by atoms with van der Waals surface area (Å²) in [5.74, 6) is 0. The fourth-order valence-electron chi connectivity index (χ4n) is 2.06. The SMILES string of the molecule is Cc1nc(Cn2ccc3cc(Br)ccc32)sc1C. The average molecular weight is 321 g/mol. The maximum atomic E-state index is 4.60. The van der Waals surface area contributed by atoms with E-state index in [2.05, 4.69) is 69.8 Å². The van der Waals surface area contributed by atoms with E-state index in [0.717, 1.165) is 16.7 Å². The van der Waals surface area contributed by atoms with E-state index in [9.17, 15) is 0 Å². The van der Waals surface area contributed by atoms with E-state index in [0.29, 0.717) is 0 Å². The van der Waals surface area contributed by atoms with Crippen LogP contribution in [0, 0.1) is 13.8 Å². The normalized spacial score (nSPS) is 11.3. The number of aromatic nitrogens is 2. The second kappa shape index (κ2) is 4.52. The number of nitrogens with zero attached hydrogens (tertiary/aromatic N) is 2. The topological polar surface area (TPSA) is 17.8 Å². The monoisotopic (exact) mass is 320 g/mol. The molecule has 0 radical (unpaired) electrons. The summed E-state index contributed by atoms with van der Waals surface area (Å²) in [6, 6.07) is 8.52. The van der Waals surface area contributed by atoms with Crippen LogP contribution in [0.1, 0.15) is 15.6 Å². The summed E-state index contributed by atoms with van der Waals surface area (Å²) in [6.45, 7) is 5.05. The zero-order valence-electron chi connectivity index (χ0n) is 10.3. The predicted molar refractivity (Wildman–Crippen MR) is 80.3 cm³/mol. The summed E-state index contributed by atoms with van der Waals surface area (Å²) >= 11 is 5.28. The number of benzene rings is 1. The molecule has 0 aliphatic rings. The van der Waals surface area contributed by atoms with Crippen LogP contribution in [0.2, 0.25) is 0 Å². The smallest absolute Gasteiger partial charge is 0.113 e. The Bertz CT molecular complexity index is 692. The van der Waals surface area contributed by atoms with Crippen LogP contribution in [0.15, 0.2) is 34.9 Å². The van der Waals surface area contributed by atoms with Crippen LogP contribution < -0.4 is 0 Å². The Labute approximate surface area is 118 Å². The van der Waals surface area contributed by atoms with E-state index >= 15 is 0 Å². The molecule has 0 spiro atoms. The Morgan fingerprint density at radius 3 is 2.83 bits per heavy atom. The Kier molecular flexibility index (Phi) is 2.99. The summed E-state index contributed by atoms with van der Waals surface area (Å²) in [7, 11) is 0. The zero-order chi connectivity index (χ0) is 12.7. The van der Waals surface area contributed by atoms with Crippen LogP contribution in [-0.2, 0) is 6.54 Å². The molecule has 0 saturated carbocycles. The van der Waals surface area contributed by atoms with Gasteiger partial charge in [-0.15, -0.1) is 11.3 Å². The molecule has 3 rings (SSSR count). The lowest BCUT2D eigenvalue weighted by molar-refractivity contribution is 0.824. The van der Waals surface area contributed by atoms with Crippen molar-refractivity contribution in [1.29, 1.82) is 0 Å². The summed E-state index contributed by atoms with van der Waals surface area (Å²) < 4.78 is 3.37. The fraction of sp³-hybridized carbons (Fsp3) is 0.214. The fourth-order valence-corrected chi connectivity index (χ4v) is 3.37. The highest BCUT2D eigenvalue weighted by molar-refractivity contribution is 9.10. The van der Waals surface area contributed by atoms with E-state index in [1.165, 1.54) is 20.8 Å². The molecule has 0 fully saturated rings. The lowest BCUT2D eigenvalue weighted by atomic mass is 10.2. The molecule has 92 valence electrons. The van der Waals surface area contributed by atoms with Crippen LogP contribution in [0.25, 0.3) is 10.9 Å². The molecule has 0 aliphatic heterocycles. The summed E-state index contributed by atoms with van der Waals surface area (Å²) in [4.78, 5) is 5.91. The minimum Gasteiger partial charge on any atom is -0.341 e. The van der Waals surface area contributed by atoms with Crippen molar-refractivity contribution in [2.75, 3.05) is 0 Å². The van der Waals surface area contributed by atoms with Gasteiger partial charge in [0.2, 0.25) is 0 Å².